The third-order valence-electron chi connectivity index (χ3n) is 2.42. The van der Waals surface area contributed by atoms with Gasteiger partial charge in [0.1, 0.15) is 0 Å². The van der Waals surface area contributed by atoms with Crippen molar-refractivity contribution < 1.29 is 4.79 Å². The van der Waals surface area contributed by atoms with E-state index in [9.17, 15) is 4.79 Å². The molecule has 2 rings (SSSR count). The molecular formula is C14H11Br2NO. The molecule has 0 fully saturated rings. The van der Waals surface area contributed by atoms with Crippen molar-refractivity contribution in [2.24, 2.45) is 0 Å². The maximum atomic E-state index is 11.9. The Hall–Kier alpha value is -1.13. The molecule has 18 heavy (non-hydrogen) atoms. The molecule has 0 aliphatic rings. The summed E-state index contributed by atoms with van der Waals surface area (Å²) in [6, 6.07) is 15.2. The molecule has 2 aromatic rings. The van der Waals surface area contributed by atoms with Gasteiger partial charge in [0, 0.05) is 14.6 Å². The van der Waals surface area contributed by atoms with Gasteiger partial charge >= 0.3 is 0 Å². The minimum Gasteiger partial charge on any atom is -0.326 e. The number of benzene rings is 2. The van der Waals surface area contributed by atoms with Crippen molar-refractivity contribution in [3.05, 3.63) is 63.0 Å². The summed E-state index contributed by atoms with van der Waals surface area (Å²) in [7, 11) is 0. The van der Waals surface area contributed by atoms with Gasteiger partial charge in [-0.15, -0.1) is 0 Å². The van der Waals surface area contributed by atoms with Crippen molar-refractivity contribution >= 4 is 43.5 Å². The van der Waals surface area contributed by atoms with Gasteiger partial charge in [0.25, 0.3) is 0 Å². The van der Waals surface area contributed by atoms with Crippen LogP contribution in [0.25, 0.3) is 0 Å². The highest BCUT2D eigenvalue weighted by Gasteiger charge is 2.07. The van der Waals surface area contributed by atoms with Crippen LogP contribution in [0.4, 0.5) is 5.69 Å². The molecule has 1 N–H and O–H groups in total. The van der Waals surface area contributed by atoms with Gasteiger partial charge in [0.15, 0.2) is 0 Å². The smallest absolute Gasteiger partial charge is 0.228 e. The molecule has 0 aliphatic carbocycles. The molecule has 0 aromatic heterocycles. The van der Waals surface area contributed by atoms with E-state index in [1.165, 1.54) is 0 Å². The number of amides is 1. The second kappa shape index (κ2) is 6.16. The van der Waals surface area contributed by atoms with Crippen LogP contribution in [0.2, 0.25) is 0 Å². The van der Waals surface area contributed by atoms with Gasteiger partial charge in [-0.2, -0.15) is 0 Å². The molecule has 1 amide bonds. The van der Waals surface area contributed by atoms with E-state index < -0.39 is 0 Å². The second-order valence-electron chi connectivity index (χ2n) is 3.83. The lowest BCUT2D eigenvalue weighted by molar-refractivity contribution is -0.115. The summed E-state index contributed by atoms with van der Waals surface area (Å²) >= 11 is 6.84. The van der Waals surface area contributed by atoms with E-state index in [-0.39, 0.29) is 5.91 Å². The molecule has 0 saturated heterocycles. The average molecular weight is 369 g/mol. The second-order valence-corrected chi connectivity index (χ2v) is 5.60. The number of nitrogens with one attached hydrogen (secondary N) is 1. The summed E-state index contributed by atoms with van der Waals surface area (Å²) in [4.78, 5) is 11.9. The molecule has 2 nitrogen and oxygen atoms in total. The van der Waals surface area contributed by atoms with Gasteiger partial charge in [-0.05, 0) is 29.8 Å². The van der Waals surface area contributed by atoms with Crippen LogP contribution in [0.5, 0.6) is 0 Å². The summed E-state index contributed by atoms with van der Waals surface area (Å²) < 4.78 is 1.92. The molecule has 92 valence electrons. The van der Waals surface area contributed by atoms with Crippen molar-refractivity contribution in [2.75, 3.05) is 5.32 Å². The summed E-state index contributed by atoms with van der Waals surface area (Å²) in [5.41, 5.74) is 1.78. The van der Waals surface area contributed by atoms with E-state index in [0.29, 0.717) is 6.42 Å². The van der Waals surface area contributed by atoms with Crippen LogP contribution in [0.15, 0.2) is 57.5 Å². The van der Waals surface area contributed by atoms with E-state index in [1.54, 1.807) is 0 Å². The Morgan fingerprint density at radius 3 is 2.44 bits per heavy atom. The number of rotatable bonds is 3. The molecule has 0 atom stereocenters. The first-order valence-electron chi connectivity index (χ1n) is 5.44. The molecule has 2 aromatic carbocycles. The number of hydrogen-bond donors (Lipinski definition) is 1. The first kappa shape index (κ1) is 13.3. The maximum absolute atomic E-state index is 11.9. The first-order chi connectivity index (χ1) is 8.65. The van der Waals surface area contributed by atoms with Crippen LogP contribution < -0.4 is 5.32 Å². The fraction of sp³-hybridized carbons (Fsp3) is 0.0714. The largest absolute Gasteiger partial charge is 0.326 e. The Morgan fingerprint density at radius 1 is 1.06 bits per heavy atom. The zero-order valence-corrected chi connectivity index (χ0v) is 12.7. The maximum Gasteiger partial charge on any atom is 0.228 e. The minimum atomic E-state index is -0.0239. The van der Waals surface area contributed by atoms with Crippen LogP contribution >= 0.6 is 31.9 Å². The molecular weight excluding hydrogens is 358 g/mol. The van der Waals surface area contributed by atoms with Gasteiger partial charge in [0.2, 0.25) is 5.91 Å². The standard InChI is InChI=1S/C14H11Br2NO/c15-11-7-6-10(13(16)9-11)8-14(18)17-12-4-2-1-3-5-12/h1-7,9H,8H2,(H,17,18). The predicted octanol–water partition coefficient (Wildman–Crippen LogP) is 4.39. The molecule has 0 aliphatic heterocycles. The lowest BCUT2D eigenvalue weighted by atomic mass is 10.1. The lowest BCUT2D eigenvalue weighted by Crippen LogP contribution is -2.14. The third-order valence-corrected chi connectivity index (χ3v) is 3.66. The number of halogens is 2. The Morgan fingerprint density at radius 2 is 1.78 bits per heavy atom. The molecule has 0 radical (unpaired) electrons. The highest BCUT2D eigenvalue weighted by atomic mass is 79.9. The van der Waals surface area contributed by atoms with Crippen LogP contribution in [0.1, 0.15) is 5.56 Å². The van der Waals surface area contributed by atoms with E-state index in [2.05, 4.69) is 37.2 Å². The zero-order chi connectivity index (χ0) is 13.0. The molecule has 0 unspecified atom stereocenters. The Bertz CT molecular complexity index is 555. The molecule has 0 bridgehead atoms. The van der Waals surface area contributed by atoms with Gasteiger partial charge in [-0.1, -0.05) is 56.1 Å². The average Bonchev–Trinajstić information content (AvgIpc) is 2.34. The van der Waals surface area contributed by atoms with Crippen LogP contribution in [0.3, 0.4) is 0 Å². The van der Waals surface area contributed by atoms with Crippen molar-refractivity contribution in [3.8, 4) is 0 Å². The van der Waals surface area contributed by atoms with E-state index in [0.717, 1.165) is 20.2 Å². The molecule has 4 heteroatoms. The number of anilines is 1. The fourth-order valence-corrected chi connectivity index (χ4v) is 2.75. The monoisotopic (exact) mass is 367 g/mol. The topological polar surface area (TPSA) is 29.1 Å². The summed E-state index contributed by atoms with van der Waals surface area (Å²) in [6.45, 7) is 0. The zero-order valence-electron chi connectivity index (χ0n) is 9.49. The SMILES string of the molecule is O=C(Cc1ccc(Br)cc1Br)Nc1ccccc1. The van der Waals surface area contributed by atoms with Gasteiger partial charge in [0.05, 0.1) is 6.42 Å². The summed E-state index contributed by atoms with van der Waals surface area (Å²) in [5, 5.41) is 2.86. The van der Waals surface area contributed by atoms with Crippen LogP contribution in [-0.2, 0) is 11.2 Å². The highest BCUT2D eigenvalue weighted by Crippen LogP contribution is 2.22. The third kappa shape index (κ3) is 3.68. The highest BCUT2D eigenvalue weighted by molar-refractivity contribution is 9.11. The molecule has 0 spiro atoms. The lowest BCUT2D eigenvalue weighted by Gasteiger charge is -2.07. The molecule has 0 heterocycles. The van der Waals surface area contributed by atoms with Crippen LogP contribution in [-0.4, -0.2) is 5.91 Å². The van der Waals surface area contributed by atoms with Crippen molar-refractivity contribution in [2.45, 2.75) is 6.42 Å². The van der Waals surface area contributed by atoms with Crippen LogP contribution in [0, 0.1) is 0 Å². The Labute approximate surface area is 123 Å². The van der Waals surface area contributed by atoms with Gasteiger partial charge in [-0.25, -0.2) is 0 Å². The Kier molecular flexibility index (Phi) is 4.55. The predicted molar refractivity (Wildman–Crippen MR) is 80.6 cm³/mol. The number of carbonyl (C=O) groups is 1. The number of para-hydroxylation sites is 1. The quantitative estimate of drug-likeness (QED) is 0.854. The fourth-order valence-electron chi connectivity index (χ4n) is 1.56. The van der Waals surface area contributed by atoms with Crippen molar-refractivity contribution in [1.82, 2.24) is 0 Å². The normalized spacial score (nSPS) is 10.1. The van der Waals surface area contributed by atoms with Gasteiger partial charge < -0.3 is 5.32 Å². The Balaban J connectivity index is 2.03. The molecule has 0 saturated carbocycles. The minimum absolute atomic E-state index is 0.0239. The number of hydrogen-bond acceptors (Lipinski definition) is 1. The van der Waals surface area contributed by atoms with E-state index in [4.69, 9.17) is 0 Å². The first-order valence-corrected chi connectivity index (χ1v) is 7.02. The van der Waals surface area contributed by atoms with Gasteiger partial charge in [-0.3, -0.25) is 4.79 Å². The van der Waals surface area contributed by atoms with E-state index >= 15 is 0 Å². The van der Waals surface area contributed by atoms with Crippen molar-refractivity contribution in [1.29, 1.82) is 0 Å². The van der Waals surface area contributed by atoms with Crippen molar-refractivity contribution in [3.63, 3.8) is 0 Å². The summed E-state index contributed by atoms with van der Waals surface area (Å²) in [5.74, 6) is -0.0239. The van der Waals surface area contributed by atoms with E-state index in [1.807, 2.05) is 48.5 Å². The number of carbonyl (C=O) groups excluding carboxylic acids is 1. The summed E-state index contributed by atoms with van der Waals surface area (Å²) in [6.07, 6.45) is 0.350.